The smallest absolute Gasteiger partial charge is 0.328 e. The van der Waals surface area contributed by atoms with Crippen LogP contribution < -0.4 is 5.73 Å². The van der Waals surface area contributed by atoms with Gasteiger partial charge < -0.3 is 5.73 Å². The number of rotatable bonds is 1. The highest BCUT2D eigenvalue weighted by Gasteiger charge is 2.31. The molecule has 1 heterocycles. The molecule has 6 heteroatoms. The van der Waals surface area contributed by atoms with Gasteiger partial charge in [-0.2, -0.15) is 13.2 Å². The molecule has 20 heavy (non-hydrogen) atoms. The van der Waals surface area contributed by atoms with Crippen LogP contribution in [0.15, 0.2) is 18.2 Å². The van der Waals surface area contributed by atoms with Gasteiger partial charge in [0.2, 0.25) is 0 Å². The van der Waals surface area contributed by atoms with E-state index in [0.717, 1.165) is 47.5 Å². The number of hydrogen-bond acceptors (Lipinski definition) is 3. The van der Waals surface area contributed by atoms with Crippen molar-refractivity contribution in [1.29, 1.82) is 0 Å². The maximum atomic E-state index is 12.7. The Kier molecular flexibility index (Phi) is 3.46. The Hall–Kier alpha value is -1.14. The van der Waals surface area contributed by atoms with Gasteiger partial charge in [-0.3, -0.25) is 0 Å². The summed E-state index contributed by atoms with van der Waals surface area (Å²) in [5.74, 6) is 0.349. The SMILES string of the molecule is NC1CCC(c2nc3cc(C(F)(F)F)ccc3s2)CC1. The van der Waals surface area contributed by atoms with E-state index in [4.69, 9.17) is 5.73 Å². The number of nitrogens with zero attached hydrogens (tertiary/aromatic N) is 1. The minimum Gasteiger partial charge on any atom is -0.328 e. The molecule has 0 radical (unpaired) electrons. The Morgan fingerprint density at radius 2 is 1.85 bits per heavy atom. The number of fused-ring (bicyclic) bond motifs is 1. The van der Waals surface area contributed by atoms with Gasteiger partial charge in [0.15, 0.2) is 0 Å². The molecule has 1 aliphatic rings. The first kappa shape index (κ1) is 13.8. The Morgan fingerprint density at radius 1 is 1.15 bits per heavy atom. The summed E-state index contributed by atoms with van der Waals surface area (Å²) in [7, 11) is 0. The van der Waals surface area contributed by atoms with Crippen molar-refractivity contribution >= 4 is 21.6 Å². The first-order valence-electron chi connectivity index (χ1n) is 6.67. The van der Waals surface area contributed by atoms with Gasteiger partial charge in [0.1, 0.15) is 0 Å². The van der Waals surface area contributed by atoms with Crippen molar-refractivity contribution in [3.63, 3.8) is 0 Å². The molecule has 0 bridgehead atoms. The molecule has 0 spiro atoms. The summed E-state index contributed by atoms with van der Waals surface area (Å²) in [6, 6.07) is 4.05. The summed E-state index contributed by atoms with van der Waals surface area (Å²) in [6.45, 7) is 0. The van der Waals surface area contributed by atoms with Crippen molar-refractivity contribution in [1.82, 2.24) is 4.98 Å². The lowest BCUT2D eigenvalue weighted by Gasteiger charge is -2.24. The lowest BCUT2D eigenvalue weighted by Crippen LogP contribution is -2.25. The van der Waals surface area contributed by atoms with E-state index in [-0.39, 0.29) is 6.04 Å². The largest absolute Gasteiger partial charge is 0.416 e. The lowest BCUT2D eigenvalue weighted by atomic mass is 9.87. The van der Waals surface area contributed by atoms with Gasteiger partial charge in [-0.25, -0.2) is 4.98 Å². The van der Waals surface area contributed by atoms with Crippen molar-refractivity contribution in [3.05, 3.63) is 28.8 Å². The predicted octanol–water partition coefficient (Wildman–Crippen LogP) is 4.30. The van der Waals surface area contributed by atoms with Crippen molar-refractivity contribution in [3.8, 4) is 0 Å². The normalized spacial score (nSPS) is 24.2. The average Bonchev–Trinajstić information content (AvgIpc) is 2.81. The molecular weight excluding hydrogens is 285 g/mol. The maximum absolute atomic E-state index is 12.7. The van der Waals surface area contributed by atoms with Gasteiger partial charge in [0.25, 0.3) is 0 Å². The fourth-order valence-electron chi connectivity index (χ4n) is 2.66. The summed E-state index contributed by atoms with van der Waals surface area (Å²) in [4.78, 5) is 4.41. The Labute approximate surface area is 118 Å². The molecule has 0 atom stereocenters. The second kappa shape index (κ2) is 5.00. The molecule has 0 saturated heterocycles. The van der Waals surface area contributed by atoms with Crippen molar-refractivity contribution in [2.75, 3.05) is 0 Å². The Bertz CT molecular complexity index is 612. The maximum Gasteiger partial charge on any atom is 0.416 e. The molecule has 1 saturated carbocycles. The molecule has 2 aromatic rings. The Morgan fingerprint density at radius 3 is 2.50 bits per heavy atom. The highest BCUT2D eigenvalue weighted by atomic mass is 32.1. The minimum atomic E-state index is -4.31. The molecule has 108 valence electrons. The molecular formula is C14H15F3N2S. The molecule has 1 aliphatic carbocycles. The average molecular weight is 300 g/mol. The van der Waals surface area contributed by atoms with Crippen LogP contribution in [0.4, 0.5) is 13.2 Å². The molecule has 1 aromatic heterocycles. The van der Waals surface area contributed by atoms with Gasteiger partial charge >= 0.3 is 6.18 Å². The monoisotopic (exact) mass is 300 g/mol. The summed E-state index contributed by atoms with van der Waals surface area (Å²) in [5.41, 5.74) is 5.70. The molecule has 0 aliphatic heterocycles. The van der Waals surface area contributed by atoms with E-state index in [1.165, 1.54) is 17.4 Å². The number of nitrogens with two attached hydrogens (primary N) is 1. The van der Waals surface area contributed by atoms with Crippen LogP contribution in [0.3, 0.4) is 0 Å². The van der Waals surface area contributed by atoms with E-state index in [2.05, 4.69) is 4.98 Å². The van der Waals surface area contributed by atoms with Crippen LogP contribution in [0, 0.1) is 0 Å². The first-order valence-corrected chi connectivity index (χ1v) is 7.48. The third-order valence-corrected chi connectivity index (χ3v) is 5.05. The van der Waals surface area contributed by atoms with Crippen LogP contribution in [0.5, 0.6) is 0 Å². The van der Waals surface area contributed by atoms with Gasteiger partial charge in [0, 0.05) is 12.0 Å². The zero-order valence-electron chi connectivity index (χ0n) is 10.8. The van der Waals surface area contributed by atoms with Gasteiger partial charge in [-0.15, -0.1) is 11.3 Å². The quantitative estimate of drug-likeness (QED) is 0.852. The van der Waals surface area contributed by atoms with Crippen LogP contribution >= 0.6 is 11.3 Å². The number of alkyl halides is 3. The molecule has 0 amide bonds. The summed E-state index contributed by atoms with van der Waals surface area (Å²) >= 11 is 1.51. The van der Waals surface area contributed by atoms with E-state index in [0.29, 0.717) is 11.4 Å². The van der Waals surface area contributed by atoms with Crippen molar-refractivity contribution in [2.24, 2.45) is 5.73 Å². The molecule has 0 unspecified atom stereocenters. The number of hydrogen-bond donors (Lipinski definition) is 1. The molecule has 1 fully saturated rings. The highest BCUT2D eigenvalue weighted by Crippen LogP contribution is 2.38. The fraction of sp³-hybridized carbons (Fsp3) is 0.500. The Balaban J connectivity index is 1.91. The molecule has 2 N–H and O–H groups in total. The second-order valence-corrected chi connectivity index (χ2v) is 6.41. The first-order chi connectivity index (χ1) is 9.43. The highest BCUT2D eigenvalue weighted by molar-refractivity contribution is 7.18. The van der Waals surface area contributed by atoms with Gasteiger partial charge in [-0.05, 0) is 43.9 Å². The van der Waals surface area contributed by atoms with Crippen LogP contribution in [-0.4, -0.2) is 11.0 Å². The number of thiazole rings is 1. The summed E-state index contributed by atoms with van der Waals surface area (Å²) in [5, 5.41) is 0.950. The van der Waals surface area contributed by atoms with Crippen molar-refractivity contribution in [2.45, 2.75) is 43.8 Å². The molecule has 3 rings (SSSR count). The van der Waals surface area contributed by atoms with Crippen LogP contribution in [0.2, 0.25) is 0 Å². The van der Waals surface area contributed by atoms with Crippen molar-refractivity contribution < 1.29 is 13.2 Å². The van der Waals surface area contributed by atoms with E-state index in [1.807, 2.05) is 0 Å². The van der Waals surface area contributed by atoms with Crippen LogP contribution in [-0.2, 0) is 6.18 Å². The topological polar surface area (TPSA) is 38.9 Å². The number of benzene rings is 1. The zero-order valence-corrected chi connectivity index (χ0v) is 11.6. The predicted molar refractivity (Wildman–Crippen MR) is 73.8 cm³/mol. The lowest BCUT2D eigenvalue weighted by molar-refractivity contribution is -0.137. The molecule has 2 nitrogen and oxygen atoms in total. The third kappa shape index (κ3) is 2.67. The molecule has 1 aromatic carbocycles. The van der Waals surface area contributed by atoms with Crippen LogP contribution in [0.25, 0.3) is 10.2 Å². The van der Waals surface area contributed by atoms with E-state index < -0.39 is 11.7 Å². The number of halogens is 3. The second-order valence-electron chi connectivity index (χ2n) is 5.34. The van der Waals surface area contributed by atoms with E-state index in [1.54, 1.807) is 0 Å². The van der Waals surface area contributed by atoms with E-state index in [9.17, 15) is 13.2 Å². The number of aromatic nitrogens is 1. The van der Waals surface area contributed by atoms with E-state index >= 15 is 0 Å². The van der Waals surface area contributed by atoms with Crippen LogP contribution in [0.1, 0.15) is 42.2 Å². The summed E-state index contributed by atoms with van der Waals surface area (Å²) < 4.78 is 38.9. The van der Waals surface area contributed by atoms with Gasteiger partial charge in [-0.1, -0.05) is 0 Å². The zero-order chi connectivity index (χ0) is 14.3. The van der Waals surface area contributed by atoms with Gasteiger partial charge in [0.05, 0.1) is 20.8 Å². The third-order valence-electron chi connectivity index (χ3n) is 3.85. The summed E-state index contributed by atoms with van der Waals surface area (Å²) in [6.07, 6.45) is -0.418. The standard InChI is InChI=1S/C14H15F3N2S/c15-14(16,17)9-3-6-12-11(7-9)19-13(20-12)8-1-4-10(18)5-2-8/h3,6-8,10H,1-2,4-5,18H2. The fourth-order valence-corrected chi connectivity index (χ4v) is 3.78. The minimum absolute atomic E-state index is 0.262.